The molecule has 0 N–H and O–H groups in total. The molecule has 0 aromatic heterocycles. The van der Waals surface area contributed by atoms with Crippen molar-refractivity contribution in [1.29, 1.82) is 0 Å². The molecular formula is C17H23N3O3. The number of piperazine rings is 1. The van der Waals surface area contributed by atoms with Crippen molar-refractivity contribution < 1.29 is 9.72 Å². The fourth-order valence-electron chi connectivity index (χ4n) is 3.54. The monoisotopic (exact) mass is 317 g/mol. The molecule has 0 atom stereocenters. The van der Waals surface area contributed by atoms with Crippen molar-refractivity contribution >= 4 is 11.6 Å². The quantitative estimate of drug-likeness (QED) is 0.632. The van der Waals surface area contributed by atoms with E-state index in [0.717, 1.165) is 51.1 Å². The van der Waals surface area contributed by atoms with Crippen molar-refractivity contribution in [2.45, 2.75) is 32.2 Å². The molecule has 0 spiro atoms. The first-order valence-corrected chi connectivity index (χ1v) is 8.38. The molecule has 0 bridgehead atoms. The SMILES string of the molecule is O=C(C1CCCC1)N1CCN(Cc2ccc([N+](=O)[O-])cc2)CC1. The molecule has 2 aliphatic rings. The van der Waals surface area contributed by atoms with Crippen molar-refractivity contribution in [3.63, 3.8) is 0 Å². The van der Waals surface area contributed by atoms with Gasteiger partial charge in [-0.2, -0.15) is 0 Å². The standard InChI is InChI=1S/C17H23N3O3/c21-17(15-3-1-2-4-15)19-11-9-18(10-12-19)13-14-5-7-16(8-6-14)20(22)23/h5-8,15H,1-4,9-13H2. The summed E-state index contributed by atoms with van der Waals surface area (Å²) in [5.74, 6) is 0.605. The predicted octanol–water partition coefficient (Wildman–Crippen LogP) is 2.43. The first-order valence-electron chi connectivity index (χ1n) is 8.38. The van der Waals surface area contributed by atoms with Gasteiger partial charge in [0.15, 0.2) is 0 Å². The second kappa shape index (κ2) is 7.08. The van der Waals surface area contributed by atoms with Crippen LogP contribution in [0.15, 0.2) is 24.3 Å². The number of amides is 1. The number of hydrogen-bond donors (Lipinski definition) is 0. The number of nitro groups is 1. The summed E-state index contributed by atoms with van der Waals surface area (Å²) in [6.45, 7) is 4.11. The fourth-order valence-corrected chi connectivity index (χ4v) is 3.54. The summed E-state index contributed by atoms with van der Waals surface area (Å²) in [6, 6.07) is 6.73. The summed E-state index contributed by atoms with van der Waals surface area (Å²) in [5, 5.41) is 10.7. The minimum absolute atomic E-state index is 0.126. The van der Waals surface area contributed by atoms with Crippen LogP contribution in [0.1, 0.15) is 31.2 Å². The maximum absolute atomic E-state index is 12.4. The molecule has 0 unspecified atom stereocenters. The van der Waals surface area contributed by atoms with Crippen LogP contribution in [0.3, 0.4) is 0 Å². The van der Waals surface area contributed by atoms with Crippen LogP contribution in [0, 0.1) is 16.0 Å². The van der Waals surface area contributed by atoms with E-state index < -0.39 is 0 Å². The van der Waals surface area contributed by atoms with Crippen LogP contribution in [-0.2, 0) is 11.3 Å². The Labute approximate surface area is 136 Å². The second-order valence-corrected chi connectivity index (χ2v) is 6.51. The molecule has 3 rings (SSSR count). The van der Waals surface area contributed by atoms with Crippen molar-refractivity contribution in [2.75, 3.05) is 26.2 Å². The first kappa shape index (κ1) is 15.9. The molecule has 6 nitrogen and oxygen atoms in total. The molecule has 1 heterocycles. The summed E-state index contributed by atoms with van der Waals surface area (Å²) in [4.78, 5) is 27.0. The number of carbonyl (C=O) groups is 1. The lowest BCUT2D eigenvalue weighted by Gasteiger charge is -2.36. The minimum Gasteiger partial charge on any atom is -0.340 e. The van der Waals surface area contributed by atoms with Crippen LogP contribution in [-0.4, -0.2) is 46.8 Å². The first-order chi connectivity index (χ1) is 11.1. The van der Waals surface area contributed by atoms with Gasteiger partial charge in [-0.25, -0.2) is 0 Å². The van der Waals surface area contributed by atoms with Gasteiger partial charge in [0.25, 0.3) is 5.69 Å². The molecule has 1 amide bonds. The van der Waals surface area contributed by atoms with E-state index in [2.05, 4.69) is 4.90 Å². The molecule has 1 aromatic carbocycles. The third kappa shape index (κ3) is 3.88. The number of nitrogens with zero attached hydrogens (tertiary/aromatic N) is 3. The third-order valence-corrected chi connectivity index (χ3v) is 4.94. The Hall–Kier alpha value is -1.95. The van der Waals surface area contributed by atoms with Gasteiger partial charge < -0.3 is 4.90 Å². The van der Waals surface area contributed by atoms with Crippen LogP contribution < -0.4 is 0 Å². The number of nitro benzene ring substituents is 1. The van der Waals surface area contributed by atoms with E-state index in [9.17, 15) is 14.9 Å². The van der Waals surface area contributed by atoms with Crippen LogP contribution in [0.5, 0.6) is 0 Å². The average molecular weight is 317 g/mol. The van der Waals surface area contributed by atoms with Gasteiger partial charge in [0.2, 0.25) is 5.91 Å². The van der Waals surface area contributed by atoms with Crippen LogP contribution in [0.2, 0.25) is 0 Å². The molecule has 1 aliphatic carbocycles. The summed E-state index contributed by atoms with van der Waals surface area (Å²) >= 11 is 0. The molecule has 0 radical (unpaired) electrons. The highest BCUT2D eigenvalue weighted by Gasteiger charge is 2.29. The van der Waals surface area contributed by atoms with Crippen molar-refractivity contribution in [3.8, 4) is 0 Å². The lowest BCUT2D eigenvalue weighted by atomic mass is 10.1. The van der Waals surface area contributed by atoms with Gasteiger partial charge in [-0.15, -0.1) is 0 Å². The Morgan fingerprint density at radius 3 is 2.26 bits per heavy atom. The average Bonchev–Trinajstić information content (AvgIpc) is 3.10. The molecule has 124 valence electrons. The number of non-ortho nitro benzene ring substituents is 1. The van der Waals surface area contributed by atoms with Crippen LogP contribution in [0.25, 0.3) is 0 Å². The lowest BCUT2D eigenvalue weighted by molar-refractivity contribution is -0.384. The Morgan fingerprint density at radius 2 is 1.70 bits per heavy atom. The Balaban J connectivity index is 1.48. The molecular weight excluding hydrogens is 294 g/mol. The summed E-state index contributed by atoms with van der Waals surface area (Å²) in [6.07, 6.45) is 4.50. The zero-order valence-corrected chi connectivity index (χ0v) is 13.3. The van der Waals surface area contributed by atoms with E-state index in [0.29, 0.717) is 5.91 Å². The molecule has 6 heteroatoms. The summed E-state index contributed by atoms with van der Waals surface area (Å²) < 4.78 is 0. The van der Waals surface area contributed by atoms with Gasteiger partial charge >= 0.3 is 0 Å². The Morgan fingerprint density at radius 1 is 1.09 bits per heavy atom. The van der Waals surface area contributed by atoms with E-state index in [4.69, 9.17) is 0 Å². The summed E-state index contributed by atoms with van der Waals surface area (Å²) in [7, 11) is 0. The molecule has 1 saturated carbocycles. The van der Waals surface area contributed by atoms with E-state index >= 15 is 0 Å². The minimum atomic E-state index is -0.378. The van der Waals surface area contributed by atoms with E-state index in [-0.39, 0.29) is 16.5 Å². The van der Waals surface area contributed by atoms with Gasteiger partial charge in [0.05, 0.1) is 4.92 Å². The van der Waals surface area contributed by atoms with Crippen molar-refractivity contribution in [1.82, 2.24) is 9.80 Å². The van der Waals surface area contributed by atoms with Gasteiger partial charge in [-0.3, -0.25) is 19.8 Å². The number of benzene rings is 1. The number of rotatable bonds is 4. The van der Waals surface area contributed by atoms with Gasteiger partial charge in [0.1, 0.15) is 0 Å². The molecule has 2 fully saturated rings. The van der Waals surface area contributed by atoms with Crippen LogP contribution >= 0.6 is 0 Å². The molecule has 1 aliphatic heterocycles. The lowest BCUT2D eigenvalue weighted by Crippen LogP contribution is -2.49. The molecule has 23 heavy (non-hydrogen) atoms. The normalized spacial score (nSPS) is 19.9. The molecule has 1 saturated heterocycles. The van der Waals surface area contributed by atoms with Gasteiger partial charge in [-0.05, 0) is 18.4 Å². The zero-order valence-electron chi connectivity index (χ0n) is 13.3. The van der Waals surface area contributed by atoms with Crippen molar-refractivity contribution in [2.24, 2.45) is 5.92 Å². The Bertz CT molecular complexity index is 559. The maximum Gasteiger partial charge on any atom is 0.269 e. The third-order valence-electron chi connectivity index (χ3n) is 4.94. The Kier molecular flexibility index (Phi) is 4.91. The van der Waals surface area contributed by atoms with Gasteiger partial charge in [0, 0.05) is 50.8 Å². The second-order valence-electron chi connectivity index (χ2n) is 6.51. The van der Waals surface area contributed by atoms with E-state index in [1.54, 1.807) is 12.1 Å². The maximum atomic E-state index is 12.4. The van der Waals surface area contributed by atoms with Crippen molar-refractivity contribution in [3.05, 3.63) is 39.9 Å². The fraction of sp³-hybridized carbons (Fsp3) is 0.588. The highest BCUT2D eigenvalue weighted by atomic mass is 16.6. The smallest absolute Gasteiger partial charge is 0.269 e. The van der Waals surface area contributed by atoms with Crippen LogP contribution in [0.4, 0.5) is 5.69 Å². The number of hydrogen-bond acceptors (Lipinski definition) is 4. The number of carbonyl (C=O) groups excluding carboxylic acids is 1. The van der Waals surface area contributed by atoms with Gasteiger partial charge in [-0.1, -0.05) is 25.0 Å². The zero-order chi connectivity index (χ0) is 16.2. The highest BCUT2D eigenvalue weighted by molar-refractivity contribution is 5.79. The highest BCUT2D eigenvalue weighted by Crippen LogP contribution is 2.27. The topological polar surface area (TPSA) is 66.7 Å². The van der Waals surface area contributed by atoms with E-state index in [1.165, 1.54) is 12.8 Å². The predicted molar refractivity (Wildman–Crippen MR) is 86.9 cm³/mol. The largest absolute Gasteiger partial charge is 0.340 e. The van der Waals surface area contributed by atoms with E-state index in [1.807, 2.05) is 17.0 Å². The molecule has 1 aromatic rings. The summed E-state index contributed by atoms with van der Waals surface area (Å²) in [5.41, 5.74) is 1.20.